The molecule has 0 unspecified atom stereocenters. The van der Waals surface area contributed by atoms with E-state index in [9.17, 15) is 22.4 Å². The Morgan fingerprint density at radius 2 is 1.44 bits per heavy atom. The number of rotatable bonds is 8. The smallest absolute Gasteiger partial charge is 0.251 e. The number of hydrogen-bond acceptors (Lipinski definition) is 3. The van der Waals surface area contributed by atoms with Crippen LogP contribution in [0.5, 0.6) is 5.75 Å². The normalized spacial score (nSPS) is 19.5. The van der Waals surface area contributed by atoms with Gasteiger partial charge < -0.3 is 10.1 Å². The molecule has 3 aromatic carbocycles. The fourth-order valence-corrected chi connectivity index (χ4v) is 5.87. The highest BCUT2D eigenvalue weighted by Gasteiger charge is 2.24. The molecule has 1 amide bonds. The fourth-order valence-electron chi connectivity index (χ4n) is 5.63. The summed E-state index contributed by atoms with van der Waals surface area (Å²) in [6.07, 6.45) is 8.59. The van der Waals surface area contributed by atoms with Crippen LogP contribution >= 0.6 is 11.6 Å². The Morgan fingerprint density at radius 1 is 0.837 bits per heavy atom. The molecule has 2 aliphatic rings. The molecule has 1 saturated heterocycles. The summed E-state index contributed by atoms with van der Waals surface area (Å²) in [4.78, 5) is 15.6. The second-order valence-corrected chi connectivity index (χ2v) is 11.5. The molecule has 3 aromatic rings. The lowest BCUT2D eigenvalue weighted by molar-refractivity contribution is 0.0935. The van der Waals surface area contributed by atoms with Crippen molar-refractivity contribution in [2.75, 3.05) is 26.2 Å². The largest absolute Gasteiger partial charge is 0.491 e. The molecule has 43 heavy (non-hydrogen) atoms. The molecular formula is C34H33ClF4N2O2. The molecule has 0 atom stereocenters. The molecule has 0 aromatic heterocycles. The number of amides is 1. The zero-order valence-corrected chi connectivity index (χ0v) is 24.4. The minimum atomic E-state index is -0.955. The minimum absolute atomic E-state index is 0.326. The highest BCUT2D eigenvalue weighted by Crippen LogP contribution is 2.32. The third-order valence-corrected chi connectivity index (χ3v) is 8.04. The predicted molar refractivity (Wildman–Crippen MR) is 161 cm³/mol. The van der Waals surface area contributed by atoms with Gasteiger partial charge in [0.25, 0.3) is 5.91 Å². The average Bonchev–Trinajstić information content (AvgIpc) is 2.98. The van der Waals surface area contributed by atoms with Crippen LogP contribution in [0.4, 0.5) is 17.6 Å². The second-order valence-electron chi connectivity index (χ2n) is 11.1. The van der Waals surface area contributed by atoms with Crippen LogP contribution < -0.4 is 10.1 Å². The molecule has 0 spiro atoms. The van der Waals surface area contributed by atoms with E-state index in [1.54, 1.807) is 30.4 Å². The highest BCUT2D eigenvalue weighted by molar-refractivity contribution is 6.32. The molecule has 0 bridgehead atoms. The molecule has 4 nitrogen and oxygen atoms in total. The van der Waals surface area contributed by atoms with Gasteiger partial charge in [0.2, 0.25) is 0 Å². The van der Waals surface area contributed by atoms with Crippen LogP contribution in [0.2, 0.25) is 5.02 Å². The van der Waals surface area contributed by atoms with Gasteiger partial charge in [0.05, 0.1) is 5.02 Å². The lowest BCUT2D eigenvalue weighted by atomic mass is 9.84. The van der Waals surface area contributed by atoms with Gasteiger partial charge in [-0.1, -0.05) is 53.5 Å². The van der Waals surface area contributed by atoms with Crippen LogP contribution in [0.15, 0.2) is 65.7 Å². The third kappa shape index (κ3) is 8.48. The summed E-state index contributed by atoms with van der Waals surface area (Å²) in [7, 11) is 0. The zero-order valence-electron chi connectivity index (χ0n) is 23.7. The Morgan fingerprint density at radius 3 is 2.00 bits per heavy atom. The van der Waals surface area contributed by atoms with Gasteiger partial charge in [0.1, 0.15) is 12.4 Å². The second kappa shape index (κ2) is 14.2. The van der Waals surface area contributed by atoms with Crippen LogP contribution in [0.25, 0.3) is 12.2 Å². The van der Waals surface area contributed by atoms with E-state index < -0.39 is 23.3 Å². The Bertz CT molecular complexity index is 1470. The zero-order chi connectivity index (χ0) is 30.3. The van der Waals surface area contributed by atoms with Gasteiger partial charge in [0.15, 0.2) is 23.3 Å². The molecule has 1 aliphatic carbocycles. The summed E-state index contributed by atoms with van der Waals surface area (Å²) in [5, 5.41) is 3.39. The van der Waals surface area contributed by atoms with Crippen LogP contribution in [0, 0.1) is 23.3 Å². The number of carbonyl (C=O) groups excluding carboxylic acids is 1. The predicted octanol–water partition coefficient (Wildman–Crippen LogP) is 8.21. The lowest BCUT2D eigenvalue weighted by Gasteiger charge is -2.28. The van der Waals surface area contributed by atoms with Crippen LogP contribution in [0.3, 0.4) is 0 Å². The molecule has 5 rings (SSSR count). The monoisotopic (exact) mass is 612 g/mol. The number of nitrogens with one attached hydrogen (secondary N) is 1. The van der Waals surface area contributed by atoms with E-state index in [0.717, 1.165) is 55.0 Å². The molecule has 2 fully saturated rings. The summed E-state index contributed by atoms with van der Waals surface area (Å²) in [6, 6.07) is 11.9. The fraction of sp³-hybridized carbons (Fsp3) is 0.324. The maximum absolute atomic E-state index is 13.9. The molecule has 1 heterocycles. The minimum Gasteiger partial charge on any atom is -0.491 e. The first-order valence-corrected chi connectivity index (χ1v) is 14.9. The summed E-state index contributed by atoms with van der Waals surface area (Å²) in [5.41, 5.74) is 3.07. The molecule has 1 saturated carbocycles. The summed E-state index contributed by atoms with van der Waals surface area (Å²) in [5.74, 6) is -3.60. The van der Waals surface area contributed by atoms with Crippen molar-refractivity contribution in [2.45, 2.75) is 44.6 Å². The van der Waals surface area contributed by atoms with Crippen molar-refractivity contribution in [2.24, 2.45) is 0 Å². The van der Waals surface area contributed by atoms with E-state index in [0.29, 0.717) is 53.3 Å². The van der Waals surface area contributed by atoms with Gasteiger partial charge in [-0.3, -0.25) is 9.69 Å². The number of nitrogens with zero attached hydrogens (tertiary/aromatic N) is 1. The van der Waals surface area contributed by atoms with Crippen LogP contribution in [-0.4, -0.2) is 43.1 Å². The van der Waals surface area contributed by atoms with E-state index in [2.05, 4.69) is 10.2 Å². The number of ether oxygens (including phenoxy) is 1. The Hall–Kier alpha value is -3.62. The Kier molecular flexibility index (Phi) is 10.2. The van der Waals surface area contributed by atoms with Gasteiger partial charge in [-0.15, -0.1) is 0 Å². The van der Waals surface area contributed by atoms with E-state index >= 15 is 0 Å². The highest BCUT2D eigenvalue weighted by atomic mass is 35.5. The van der Waals surface area contributed by atoms with Crippen molar-refractivity contribution in [3.63, 3.8) is 0 Å². The first kappa shape index (κ1) is 30.8. The maximum Gasteiger partial charge on any atom is 0.251 e. The topological polar surface area (TPSA) is 41.6 Å². The lowest BCUT2D eigenvalue weighted by Crippen LogP contribution is -2.37. The standard InChI is InChI=1S/C34H33ClF4N2O2/c35-28-21-26(6-9-33(28)43-13-12-41-10-2-1-3-11-41)34(42)40-27-17-24(14-22-4-7-29(36)31(38)19-22)16-25(18-27)15-23-5-8-30(37)32(39)20-23/h4-9,14-15,19-21,27H,1-3,10-13,16-18H2,(H,40,42)/b24-14-,25-15-. The number of benzene rings is 3. The number of likely N-dealkylation sites (tertiary alicyclic amines) is 1. The van der Waals surface area contributed by atoms with Crippen molar-refractivity contribution < 1.29 is 27.1 Å². The van der Waals surface area contributed by atoms with E-state index in [4.69, 9.17) is 16.3 Å². The molecule has 226 valence electrons. The van der Waals surface area contributed by atoms with Gasteiger partial charge in [-0.2, -0.15) is 0 Å². The summed E-state index contributed by atoms with van der Waals surface area (Å²) in [6.45, 7) is 3.48. The van der Waals surface area contributed by atoms with Crippen LogP contribution in [0.1, 0.15) is 60.0 Å². The molecule has 1 N–H and O–H groups in total. The van der Waals surface area contributed by atoms with E-state index in [1.807, 2.05) is 0 Å². The average molecular weight is 613 g/mol. The molecule has 9 heteroatoms. The molecule has 1 aliphatic heterocycles. The van der Waals surface area contributed by atoms with Gasteiger partial charge in [-0.05, 0) is 98.8 Å². The Balaban J connectivity index is 1.29. The van der Waals surface area contributed by atoms with Gasteiger partial charge in [0, 0.05) is 18.2 Å². The summed E-state index contributed by atoms with van der Waals surface area (Å²) < 4.78 is 60.5. The van der Waals surface area contributed by atoms with Crippen molar-refractivity contribution in [3.05, 3.63) is 111 Å². The van der Waals surface area contributed by atoms with Crippen molar-refractivity contribution in [1.29, 1.82) is 0 Å². The number of piperidine rings is 1. The van der Waals surface area contributed by atoms with Crippen molar-refractivity contribution >= 4 is 29.7 Å². The number of halogens is 5. The van der Waals surface area contributed by atoms with E-state index in [1.165, 1.54) is 31.4 Å². The maximum atomic E-state index is 13.9. The SMILES string of the molecule is O=C(NC1C/C(=C\c2ccc(F)c(F)c2)C/C(=C/c2ccc(F)c(F)c2)C1)c1ccc(OCCN2CCCCC2)c(Cl)c1. The van der Waals surface area contributed by atoms with Crippen molar-refractivity contribution in [1.82, 2.24) is 10.2 Å². The first-order valence-electron chi connectivity index (χ1n) is 14.5. The van der Waals surface area contributed by atoms with Crippen molar-refractivity contribution in [3.8, 4) is 5.75 Å². The first-order chi connectivity index (χ1) is 20.7. The van der Waals surface area contributed by atoms with Gasteiger partial charge >= 0.3 is 0 Å². The Labute approximate surface area is 254 Å². The summed E-state index contributed by atoms with van der Waals surface area (Å²) >= 11 is 6.46. The molecular weight excluding hydrogens is 580 g/mol. The van der Waals surface area contributed by atoms with E-state index in [-0.39, 0.29) is 11.9 Å². The van der Waals surface area contributed by atoms with Gasteiger partial charge in [-0.25, -0.2) is 17.6 Å². The number of carbonyl (C=O) groups is 1. The molecule has 0 radical (unpaired) electrons. The third-order valence-electron chi connectivity index (χ3n) is 7.74. The number of hydrogen-bond donors (Lipinski definition) is 1. The quantitative estimate of drug-likeness (QED) is 0.261. The van der Waals surface area contributed by atoms with Crippen LogP contribution in [-0.2, 0) is 0 Å².